The predicted octanol–water partition coefficient (Wildman–Crippen LogP) is 2.89. The van der Waals surface area contributed by atoms with Crippen LogP contribution in [0.5, 0.6) is 0 Å². The van der Waals surface area contributed by atoms with Crippen LogP contribution in [-0.4, -0.2) is 31.0 Å². The van der Waals surface area contributed by atoms with Crippen molar-refractivity contribution in [2.24, 2.45) is 7.05 Å². The van der Waals surface area contributed by atoms with Crippen LogP contribution in [0.3, 0.4) is 0 Å². The molecular formula is C18H22N6O2. The summed E-state index contributed by atoms with van der Waals surface area (Å²) in [6.45, 7) is 1.84. The minimum absolute atomic E-state index is 0.206. The van der Waals surface area contributed by atoms with Crippen LogP contribution >= 0.6 is 0 Å². The van der Waals surface area contributed by atoms with Crippen LogP contribution in [0.1, 0.15) is 73.1 Å². The lowest BCUT2D eigenvalue weighted by Crippen LogP contribution is -2.26. The zero-order valence-electron chi connectivity index (χ0n) is 15.0. The van der Waals surface area contributed by atoms with Crippen molar-refractivity contribution >= 4 is 16.9 Å². The number of aromatic nitrogens is 5. The number of aryl methyl sites for hydroxylation is 1. The van der Waals surface area contributed by atoms with Crippen molar-refractivity contribution in [3.05, 3.63) is 35.5 Å². The Labute approximate surface area is 151 Å². The molecule has 1 atom stereocenters. The summed E-state index contributed by atoms with van der Waals surface area (Å²) < 4.78 is 7.06. The van der Waals surface area contributed by atoms with Gasteiger partial charge in [-0.1, -0.05) is 29.6 Å². The summed E-state index contributed by atoms with van der Waals surface area (Å²) in [5.41, 5.74) is 2.09. The number of nitrogens with one attached hydrogen (secondary N) is 1. The highest BCUT2D eigenvalue weighted by atomic mass is 16.5. The van der Waals surface area contributed by atoms with Gasteiger partial charge in [-0.15, -0.1) is 5.10 Å². The molecule has 1 N–H and O–H groups in total. The first-order valence-corrected chi connectivity index (χ1v) is 9.05. The van der Waals surface area contributed by atoms with Crippen molar-refractivity contribution < 1.29 is 9.32 Å². The Bertz CT molecular complexity index is 925. The lowest BCUT2D eigenvalue weighted by atomic mass is 9.89. The maximum absolute atomic E-state index is 12.5. The third-order valence-electron chi connectivity index (χ3n) is 5.02. The Balaban J connectivity index is 1.45. The molecular weight excluding hydrogens is 332 g/mol. The molecule has 4 rings (SSSR count). The van der Waals surface area contributed by atoms with Crippen molar-refractivity contribution in [3.63, 3.8) is 0 Å². The van der Waals surface area contributed by atoms with Gasteiger partial charge < -0.3 is 9.84 Å². The number of amides is 1. The van der Waals surface area contributed by atoms with E-state index < -0.39 is 0 Å². The summed E-state index contributed by atoms with van der Waals surface area (Å²) >= 11 is 0. The van der Waals surface area contributed by atoms with Crippen LogP contribution in [0.25, 0.3) is 11.0 Å². The quantitative estimate of drug-likeness (QED) is 0.773. The second kappa shape index (κ2) is 6.86. The van der Waals surface area contributed by atoms with Gasteiger partial charge in [-0.25, -0.2) is 4.68 Å². The predicted molar refractivity (Wildman–Crippen MR) is 94.5 cm³/mol. The monoisotopic (exact) mass is 354 g/mol. The van der Waals surface area contributed by atoms with E-state index in [0.29, 0.717) is 22.9 Å². The molecule has 26 heavy (non-hydrogen) atoms. The molecule has 3 aromatic rings. The van der Waals surface area contributed by atoms with Crippen molar-refractivity contribution in [2.75, 3.05) is 0 Å². The van der Waals surface area contributed by atoms with Gasteiger partial charge in [0.2, 0.25) is 5.89 Å². The molecule has 1 unspecified atom stereocenters. The molecule has 2 aromatic heterocycles. The fraction of sp³-hybridized carbons (Fsp3) is 0.500. The van der Waals surface area contributed by atoms with Gasteiger partial charge in [-0.2, -0.15) is 4.98 Å². The molecule has 1 amide bonds. The van der Waals surface area contributed by atoms with Gasteiger partial charge in [-0.05, 0) is 38.0 Å². The van der Waals surface area contributed by atoms with E-state index in [0.717, 1.165) is 24.2 Å². The molecule has 0 spiro atoms. The molecule has 8 nitrogen and oxygen atoms in total. The molecule has 8 heteroatoms. The average Bonchev–Trinajstić information content (AvgIpc) is 3.30. The van der Waals surface area contributed by atoms with Gasteiger partial charge in [0.05, 0.1) is 5.52 Å². The Morgan fingerprint density at radius 3 is 2.92 bits per heavy atom. The van der Waals surface area contributed by atoms with Crippen LogP contribution < -0.4 is 5.32 Å². The molecule has 0 saturated heterocycles. The second-order valence-corrected chi connectivity index (χ2v) is 6.94. The van der Waals surface area contributed by atoms with Crippen LogP contribution in [0.15, 0.2) is 22.7 Å². The van der Waals surface area contributed by atoms with Gasteiger partial charge in [0.25, 0.3) is 5.91 Å². The molecule has 1 aliphatic rings. The Morgan fingerprint density at radius 2 is 2.12 bits per heavy atom. The number of fused-ring (bicyclic) bond motifs is 1. The number of carbonyl (C=O) groups is 1. The minimum atomic E-state index is -0.357. The summed E-state index contributed by atoms with van der Waals surface area (Å²) in [6.07, 6.45) is 5.93. The third kappa shape index (κ3) is 3.18. The number of benzene rings is 1. The lowest BCUT2D eigenvalue weighted by molar-refractivity contribution is 0.0932. The molecule has 136 valence electrons. The highest BCUT2D eigenvalue weighted by molar-refractivity contribution is 5.97. The molecule has 0 radical (unpaired) electrons. The first-order chi connectivity index (χ1) is 12.6. The summed E-state index contributed by atoms with van der Waals surface area (Å²) in [7, 11) is 1.82. The van der Waals surface area contributed by atoms with Crippen LogP contribution in [0.4, 0.5) is 0 Å². The van der Waals surface area contributed by atoms with Gasteiger partial charge >= 0.3 is 0 Å². The topological polar surface area (TPSA) is 98.7 Å². The number of hydrogen-bond acceptors (Lipinski definition) is 6. The van der Waals surface area contributed by atoms with Gasteiger partial charge in [-0.3, -0.25) is 4.79 Å². The van der Waals surface area contributed by atoms with E-state index in [4.69, 9.17) is 4.52 Å². The van der Waals surface area contributed by atoms with E-state index in [-0.39, 0.29) is 11.9 Å². The maximum atomic E-state index is 12.5. The standard InChI is InChI=1S/C18H22N6O2/c1-11(18-20-16(22-26-18)12-6-4-3-5-7-12)19-17(25)13-8-9-15-14(10-13)21-23-24(15)2/h8-12H,3-7H2,1-2H3,(H,19,25). The van der Waals surface area contributed by atoms with Crippen molar-refractivity contribution in [1.82, 2.24) is 30.5 Å². The van der Waals surface area contributed by atoms with Gasteiger partial charge in [0.1, 0.15) is 11.6 Å². The van der Waals surface area contributed by atoms with Crippen molar-refractivity contribution in [1.29, 1.82) is 0 Å². The minimum Gasteiger partial charge on any atom is -0.341 e. The zero-order valence-corrected chi connectivity index (χ0v) is 15.0. The number of carbonyl (C=O) groups excluding carboxylic acids is 1. The zero-order chi connectivity index (χ0) is 18.1. The maximum Gasteiger partial charge on any atom is 0.251 e. The summed E-state index contributed by atoms with van der Waals surface area (Å²) in [5, 5.41) is 15.0. The molecule has 1 aromatic carbocycles. The van der Waals surface area contributed by atoms with E-state index in [2.05, 4.69) is 25.8 Å². The summed E-state index contributed by atoms with van der Waals surface area (Å²) in [5.74, 6) is 1.38. The number of rotatable bonds is 4. The number of nitrogens with zero attached hydrogens (tertiary/aromatic N) is 5. The van der Waals surface area contributed by atoms with E-state index in [9.17, 15) is 4.79 Å². The first-order valence-electron chi connectivity index (χ1n) is 9.05. The molecule has 2 heterocycles. The highest BCUT2D eigenvalue weighted by Crippen LogP contribution is 2.31. The van der Waals surface area contributed by atoms with E-state index in [1.807, 2.05) is 20.0 Å². The van der Waals surface area contributed by atoms with Gasteiger partial charge in [0, 0.05) is 18.5 Å². The largest absolute Gasteiger partial charge is 0.341 e. The Hall–Kier alpha value is -2.77. The second-order valence-electron chi connectivity index (χ2n) is 6.94. The SMILES string of the molecule is CC(NC(=O)c1ccc2c(c1)nnn2C)c1nc(C2CCCCC2)no1. The highest BCUT2D eigenvalue weighted by Gasteiger charge is 2.23. The first kappa shape index (κ1) is 16.7. The van der Waals surface area contributed by atoms with E-state index in [1.165, 1.54) is 19.3 Å². The van der Waals surface area contributed by atoms with Gasteiger partial charge in [0.15, 0.2) is 5.82 Å². The molecule has 1 fully saturated rings. The normalized spacial score (nSPS) is 16.7. The lowest BCUT2D eigenvalue weighted by Gasteiger charge is -2.17. The molecule has 1 aliphatic carbocycles. The van der Waals surface area contributed by atoms with Crippen LogP contribution in [0.2, 0.25) is 0 Å². The molecule has 1 saturated carbocycles. The summed E-state index contributed by atoms with van der Waals surface area (Å²) in [4.78, 5) is 17.0. The molecule has 0 bridgehead atoms. The summed E-state index contributed by atoms with van der Waals surface area (Å²) in [6, 6.07) is 4.97. The van der Waals surface area contributed by atoms with E-state index >= 15 is 0 Å². The van der Waals surface area contributed by atoms with Crippen molar-refractivity contribution in [2.45, 2.75) is 51.0 Å². The Morgan fingerprint density at radius 1 is 1.31 bits per heavy atom. The smallest absolute Gasteiger partial charge is 0.251 e. The Kier molecular flexibility index (Phi) is 4.40. The number of hydrogen-bond donors (Lipinski definition) is 1. The fourth-order valence-electron chi connectivity index (χ4n) is 3.47. The van der Waals surface area contributed by atoms with E-state index in [1.54, 1.807) is 16.8 Å². The third-order valence-corrected chi connectivity index (χ3v) is 5.02. The average molecular weight is 354 g/mol. The van der Waals surface area contributed by atoms with Crippen molar-refractivity contribution in [3.8, 4) is 0 Å². The van der Waals surface area contributed by atoms with Crippen LogP contribution in [0, 0.1) is 0 Å². The molecule has 0 aliphatic heterocycles. The van der Waals surface area contributed by atoms with Crippen LogP contribution in [-0.2, 0) is 7.05 Å². The fourth-order valence-corrected chi connectivity index (χ4v) is 3.47.